The van der Waals surface area contributed by atoms with Crippen molar-refractivity contribution in [3.63, 3.8) is 0 Å². The Morgan fingerprint density at radius 2 is 1.57 bits per heavy atom. The van der Waals surface area contributed by atoms with Crippen molar-refractivity contribution in [1.29, 1.82) is 0 Å². The van der Waals surface area contributed by atoms with E-state index in [2.05, 4.69) is 20.0 Å². The maximum atomic E-state index is 13.2. The highest BCUT2D eigenvalue weighted by molar-refractivity contribution is 7.93. The normalized spacial score (nSPS) is 12.2. The maximum absolute atomic E-state index is 13.2. The molecule has 2 N–H and O–H groups in total. The van der Waals surface area contributed by atoms with Crippen LogP contribution in [0, 0.1) is 0 Å². The first-order valence-electron chi connectivity index (χ1n) is 11.6. The molecule has 3 aromatic carbocycles. The molecule has 0 aliphatic rings. The van der Waals surface area contributed by atoms with Crippen LogP contribution in [0.1, 0.15) is 20.7 Å². The average Bonchev–Trinajstić information content (AvgIpc) is 2.95. The number of hydrogen-bond donors (Lipinski definition) is 2. The fourth-order valence-electron chi connectivity index (χ4n) is 3.75. The van der Waals surface area contributed by atoms with E-state index in [1.54, 1.807) is 66.7 Å². The van der Waals surface area contributed by atoms with E-state index in [0.29, 0.717) is 31.6 Å². The smallest absolute Gasteiger partial charge is 0.268 e. The number of pyridine rings is 1. The van der Waals surface area contributed by atoms with Crippen molar-refractivity contribution in [3.05, 3.63) is 106 Å². The number of aromatic nitrogens is 1. The van der Waals surface area contributed by atoms with E-state index >= 15 is 0 Å². The lowest BCUT2D eigenvalue weighted by Gasteiger charge is -2.13. The number of amides is 3. The summed E-state index contributed by atoms with van der Waals surface area (Å²) in [5.41, 5.74) is 1.95. The molecule has 0 radical (unpaired) electrons. The first-order valence-corrected chi connectivity index (χ1v) is 14.8. The molecule has 1 heterocycles. The summed E-state index contributed by atoms with van der Waals surface area (Å²) < 4.78 is 17.0. The Kier molecular flexibility index (Phi) is 9.21. The third kappa shape index (κ3) is 7.05. The van der Waals surface area contributed by atoms with Crippen LogP contribution < -0.4 is 10.6 Å². The number of benzene rings is 3. The van der Waals surface area contributed by atoms with Crippen molar-refractivity contribution in [1.82, 2.24) is 4.98 Å². The molecule has 4 rings (SSSR count). The standard InChI is InChI=1S/C28H21Cl3N4O4S/c1-40(39,35-26(36)15-29)24-5-3-2-4-21(24)17-6-8-18(9-7-17)27(37)33-23-12-10-19(30)14-22(23)28(38)34-25-13-11-20(31)16-32-25/h2-14,16H,15H2,1H3,(H,33,37)(H,32,34,38). The molecule has 1 atom stereocenters. The molecule has 0 saturated heterocycles. The molecular formula is C28H21Cl3N4O4S. The monoisotopic (exact) mass is 614 g/mol. The number of anilines is 2. The number of carbonyl (C=O) groups is 3. The van der Waals surface area contributed by atoms with Gasteiger partial charge in [0.2, 0.25) is 0 Å². The minimum Gasteiger partial charge on any atom is -0.321 e. The van der Waals surface area contributed by atoms with Crippen molar-refractivity contribution < 1.29 is 18.6 Å². The molecule has 1 unspecified atom stereocenters. The molecular weight excluding hydrogens is 595 g/mol. The van der Waals surface area contributed by atoms with E-state index in [1.165, 1.54) is 24.6 Å². The number of halogens is 3. The Labute approximate surface area is 245 Å². The molecule has 3 amide bonds. The summed E-state index contributed by atoms with van der Waals surface area (Å²) in [6.45, 7) is 0. The highest BCUT2D eigenvalue weighted by Gasteiger charge is 2.18. The summed E-state index contributed by atoms with van der Waals surface area (Å²) in [4.78, 5) is 42.2. The van der Waals surface area contributed by atoms with Crippen LogP contribution in [-0.2, 0) is 14.5 Å². The Balaban J connectivity index is 1.58. The van der Waals surface area contributed by atoms with Gasteiger partial charge >= 0.3 is 0 Å². The molecule has 204 valence electrons. The van der Waals surface area contributed by atoms with Crippen LogP contribution in [0.5, 0.6) is 0 Å². The van der Waals surface area contributed by atoms with Gasteiger partial charge in [-0.2, -0.15) is 4.36 Å². The first kappa shape index (κ1) is 29.2. The predicted molar refractivity (Wildman–Crippen MR) is 159 cm³/mol. The van der Waals surface area contributed by atoms with Gasteiger partial charge in [-0.3, -0.25) is 14.4 Å². The van der Waals surface area contributed by atoms with Crippen LogP contribution in [0.15, 0.2) is 94.3 Å². The van der Waals surface area contributed by atoms with Gasteiger partial charge in [0.25, 0.3) is 17.7 Å². The summed E-state index contributed by atoms with van der Waals surface area (Å²) in [6, 6.07) is 21.1. The van der Waals surface area contributed by atoms with E-state index < -0.39 is 27.5 Å². The lowest BCUT2D eigenvalue weighted by molar-refractivity contribution is -0.115. The van der Waals surface area contributed by atoms with E-state index in [9.17, 15) is 18.6 Å². The van der Waals surface area contributed by atoms with Crippen molar-refractivity contribution in [2.24, 2.45) is 4.36 Å². The molecule has 0 aliphatic carbocycles. The van der Waals surface area contributed by atoms with E-state index in [-0.39, 0.29) is 22.9 Å². The summed E-state index contributed by atoms with van der Waals surface area (Å²) >= 11 is 17.5. The van der Waals surface area contributed by atoms with Gasteiger partial charge in [-0.1, -0.05) is 53.5 Å². The summed E-state index contributed by atoms with van der Waals surface area (Å²) in [5, 5.41) is 6.12. The highest BCUT2D eigenvalue weighted by atomic mass is 35.5. The van der Waals surface area contributed by atoms with Gasteiger partial charge in [-0.05, 0) is 59.7 Å². The number of rotatable bonds is 7. The van der Waals surface area contributed by atoms with Gasteiger partial charge < -0.3 is 10.6 Å². The number of nitrogens with one attached hydrogen (secondary N) is 2. The van der Waals surface area contributed by atoms with Gasteiger partial charge in [0.1, 0.15) is 11.7 Å². The maximum Gasteiger partial charge on any atom is 0.268 e. The largest absolute Gasteiger partial charge is 0.321 e. The zero-order valence-corrected chi connectivity index (χ0v) is 23.9. The van der Waals surface area contributed by atoms with E-state index in [0.717, 1.165) is 0 Å². The second-order valence-corrected chi connectivity index (χ2v) is 11.8. The zero-order chi connectivity index (χ0) is 28.9. The van der Waals surface area contributed by atoms with Crippen LogP contribution in [0.25, 0.3) is 11.1 Å². The van der Waals surface area contributed by atoms with Crippen molar-refractivity contribution >= 4 is 73.8 Å². The highest BCUT2D eigenvalue weighted by Crippen LogP contribution is 2.29. The molecule has 0 spiro atoms. The zero-order valence-electron chi connectivity index (χ0n) is 20.9. The Hall–Kier alpha value is -3.76. The van der Waals surface area contributed by atoms with Crippen LogP contribution >= 0.6 is 34.8 Å². The fraction of sp³-hybridized carbons (Fsp3) is 0.0714. The molecule has 0 bridgehead atoms. The first-order chi connectivity index (χ1) is 19.1. The van der Waals surface area contributed by atoms with Crippen LogP contribution in [0.2, 0.25) is 10.0 Å². The Bertz CT molecular complexity index is 1720. The molecule has 1 aromatic heterocycles. The molecule has 40 heavy (non-hydrogen) atoms. The van der Waals surface area contributed by atoms with Crippen LogP contribution in [0.4, 0.5) is 11.5 Å². The topological polar surface area (TPSA) is 118 Å². The quantitative estimate of drug-likeness (QED) is 0.222. The number of carbonyl (C=O) groups excluding carboxylic acids is 3. The van der Waals surface area contributed by atoms with Crippen molar-refractivity contribution in [2.45, 2.75) is 4.90 Å². The van der Waals surface area contributed by atoms with Gasteiger partial charge in [-0.25, -0.2) is 9.19 Å². The van der Waals surface area contributed by atoms with E-state index in [4.69, 9.17) is 34.8 Å². The van der Waals surface area contributed by atoms with E-state index in [1.807, 2.05) is 0 Å². The molecule has 4 aromatic rings. The molecule has 8 nitrogen and oxygen atoms in total. The Morgan fingerprint density at radius 1 is 0.875 bits per heavy atom. The summed E-state index contributed by atoms with van der Waals surface area (Å²) in [6.07, 6.45) is 2.77. The second kappa shape index (κ2) is 12.6. The second-order valence-electron chi connectivity index (χ2n) is 8.45. The lowest BCUT2D eigenvalue weighted by atomic mass is 10.0. The number of hydrogen-bond acceptors (Lipinski definition) is 5. The fourth-order valence-corrected chi connectivity index (χ4v) is 5.64. The molecule has 0 saturated carbocycles. The van der Waals surface area contributed by atoms with Crippen LogP contribution in [-0.4, -0.2) is 39.1 Å². The minimum absolute atomic E-state index is 0.135. The van der Waals surface area contributed by atoms with Crippen molar-refractivity contribution in [3.8, 4) is 11.1 Å². The Morgan fingerprint density at radius 3 is 2.25 bits per heavy atom. The molecule has 0 aliphatic heterocycles. The van der Waals surface area contributed by atoms with Crippen molar-refractivity contribution in [2.75, 3.05) is 22.8 Å². The average molecular weight is 616 g/mol. The predicted octanol–water partition coefficient (Wildman–Crippen LogP) is 6.78. The van der Waals surface area contributed by atoms with Gasteiger partial charge in [0, 0.05) is 23.0 Å². The molecule has 12 heteroatoms. The summed E-state index contributed by atoms with van der Waals surface area (Å²) in [7, 11) is -3.06. The molecule has 0 fully saturated rings. The number of nitrogens with zero attached hydrogens (tertiary/aromatic N) is 2. The lowest BCUT2D eigenvalue weighted by Crippen LogP contribution is -2.18. The third-order valence-electron chi connectivity index (χ3n) is 5.59. The minimum atomic E-state index is -3.06. The van der Waals surface area contributed by atoms with Gasteiger partial charge in [0.05, 0.1) is 30.9 Å². The SMILES string of the molecule is CS(=O)(=NC(=O)CCl)c1ccccc1-c1ccc(C(=O)Nc2ccc(Cl)cc2C(=O)Nc2ccc(Cl)cn2)cc1. The van der Waals surface area contributed by atoms with Gasteiger partial charge in [-0.15, -0.1) is 11.6 Å². The third-order valence-corrected chi connectivity index (χ3v) is 8.00. The number of alkyl halides is 1. The van der Waals surface area contributed by atoms with Crippen LogP contribution in [0.3, 0.4) is 0 Å². The van der Waals surface area contributed by atoms with Gasteiger partial charge in [0.15, 0.2) is 0 Å². The summed E-state index contributed by atoms with van der Waals surface area (Å²) in [5.74, 6) is -1.76.